The Hall–Kier alpha value is -0.470. The molecule has 0 bridgehead atoms. The molecular formula is C11H20N2O3S2. The van der Waals surface area contributed by atoms with E-state index >= 15 is 0 Å². The smallest absolute Gasteiger partial charge is 0.252 e. The monoisotopic (exact) mass is 292 g/mol. The van der Waals surface area contributed by atoms with Gasteiger partial charge in [-0.15, -0.1) is 11.3 Å². The summed E-state index contributed by atoms with van der Waals surface area (Å²) in [5.74, 6) is 0. The van der Waals surface area contributed by atoms with Crippen molar-refractivity contribution >= 4 is 21.4 Å². The summed E-state index contributed by atoms with van der Waals surface area (Å²) in [7, 11) is 1.95. The molecule has 7 heteroatoms. The summed E-state index contributed by atoms with van der Waals surface area (Å²) in [5.41, 5.74) is 0.821. The number of nitrogens with zero attached hydrogens (tertiary/aromatic N) is 2. The number of aliphatic hydroxyl groups is 1. The Kier molecular flexibility index (Phi) is 5.30. The second-order valence-corrected chi connectivity index (χ2v) is 7.87. The Bertz CT molecular complexity index is 494. The fourth-order valence-electron chi connectivity index (χ4n) is 1.39. The molecular weight excluding hydrogens is 272 g/mol. The van der Waals surface area contributed by atoms with Gasteiger partial charge < -0.3 is 10.0 Å². The molecule has 0 spiro atoms. The number of thiophene rings is 1. The molecule has 1 heterocycles. The Labute approximate surface area is 113 Å². The first-order chi connectivity index (χ1) is 8.28. The second-order valence-electron chi connectivity index (χ2n) is 4.46. The Morgan fingerprint density at radius 3 is 2.33 bits per heavy atom. The number of hydrogen-bond donors (Lipinski definition) is 1. The molecule has 18 heavy (non-hydrogen) atoms. The molecule has 1 aromatic heterocycles. The maximum absolute atomic E-state index is 12.3. The van der Waals surface area contributed by atoms with Gasteiger partial charge >= 0.3 is 0 Å². The number of likely N-dealkylation sites (N-methyl/N-ethyl adjacent to an activating group) is 2. The summed E-state index contributed by atoms with van der Waals surface area (Å²) in [6.45, 7) is 2.81. The molecule has 0 aliphatic rings. The molecule has 0 saturated heterocycles. The average Bonchev–Trinajstić information content (AvgIpc) is 2.67. The van der Waals surface area contributed by atoms with Crippen molar-refractivity contribution in [3.63, 3.8) is 0 Å². The molecule has 0 aliphatic heterocycles. The zero-order chi connectivity index (χ0) is 13.9. The predicted molar refractivity (Wildman–Crippen MR) is 73.3 cm³/mol. The lowest BCUT2D eigenvalue weighted by Crippen LogP contribution is -2.33. The van der Waals surface area contributed by atoms with E-state index in [0.717, 1.165) is 16.9 Å². The molecule has 5 nitrogen and oxygen atoms in total. The van der Waals surface area contributed by atoms with Crippen LogP contribution in [0.1, 0.15) is 10.4 Å². The summed E-state index contributed by atoms with van der Waals surface area (Å²) in [4.78, 5) is 2.64. The zero-order valence-corrected chi connectivity index (χ0v) is 12.8. The fraction of sp³-hybridized carbons (Fsp3) is 0.636. The minimum atomic E-state index is -3.43. The Balaban J connectivity index is 2.91. The third-order valence-electron chi connectivity index (χ3n) is 2.67. The zero-order valence-electron chi connectivity index (χ0n) is 11.2. The predicted octanol–water partition coefficient (Wildman–Crippen LogP) is 0.731. The fourth-order valence-corrected chi connectivity index (χ4v) is 4.21. The number of aliphatic hydroxyl groups excluding tert-OH is 1. The summed E-state index contributed by atoms with van der Waals surface area (Å²) in [5, 5.41) is 9.11. The van der Waals surface area contributed by atoms with Gasteiger partial charge in [0.1, 0.15) is 4.21 Å². The number of aryl methyl sites for hydroxylation is 1. The van der Waals surface area contributed by atoms with E-state index in [1.807, 2.05) is 19.0 Å². The van der Waals surface area contributed by atoms with Gasteiger partial charge in [-0.25, -0.2) is 8.42 Å². The summed E-state index contributed by atoms with van der Waals surface area (Å²) in [6, 6.07) is 1.62. The van der Waals surface area contributed by atoms with E-state index in [9.17, 15) is 8.42 Å². The highest BCUT2D eigenvalue weighted by Gasteiger charge is 2.23. The normalized spacial score (nSPS) is 12.6. The van der Waals surface area contributed by atoms with Crippen molar-refractivity contribution in [1.29, 1.82) is 0 Å². The van der Waals surface area contributed by atoms with Crippen LogP contribution < -0.4 is 0 Å². The molecule has 0 fully saturated rings. The van der Waals surface area contributed by atoms with Crippen LogP contribution in [-0.2, 0) is 16.6 Å². The highest BCUT2D eigenvalue weighted by atomic mass is 32.2. The van der Waals surface area contributed by atoms with Crippen LogP contribution in [0, 0.1) is 6.92 Å². The SMILES string of the molecule is Cc1cc(S(=O)(=O)N(C)CCN(C)C)sc1CO. The van der Waals surface area contributed by atoms with Crippen molar-refractivity contribution in [2.24, 2.45) is 0 Å². The molecule has 0 radical (unpaired) electrons. The van der Waals surface area contributed by atoms with Crippen LogP contribution in [0.4, 0.5) is 0 Å². The molecule has 1 aromatic rings. The van der Waals surface area contributed by atoms with Crippen molar-refractivity contribution in [3.8, 4) is 0 Å². The lowest BCUT2D eigenvalue weighted by molar-refractivity contribution is 0.285. The van der Waals surface area contributed by atoms with Gasteiger partial charge in [-0.2, -0.15) is 4.31 Å². The van der Waals surface area contributed by atoms with E-state index in [4.69, 9.17) is 5.11 Å². The van der Waals surface area contributed by atoms with E-state index in [1.54, 1.807) is 20.0 Å². The Morgan fingerprint density at radius 1 is 1.28 bits per heavy atom. The van der Waals surface area contributed by atoms with Crippen LogP contribution >= 0.6 is 11.3 Å². The van der Waals surface area contributed by atoms with E-state index < -0.39 is 10.0 Å². The van der Waals surface area contributed by atoms with E-state index in [1.165, 1.54) is 4.31 Å². The van der Waals surface area contributed by atoms with Crippen molar-refractivity contribution in [1.82, 2.24) is 9.21 Å². The van der Waals surface area contributed by atoms with Gasteiger partial charge in [-0.3, -0.25) is 0 Å². The van der Waals surface area contributed by atoms with Gasteiger partial charge in [0.25, 0.3) is 10.0 Å². The third-order valence-corrected chi connectivity index (χ3v) is 6.20. The van der Waals surface area contributed by atoms with E-state index in [-0.39, 0.29) is 6.61 Å². The van der Waals surface area contributed by atoms with Gasteiger partial charge in [-0.1, -0.05) is 0 Å². The van der Waals surface area contributed by atoms with Gasteiger partial charge in [0.15, 0.2) is 0 Å². The maximum Gasteiger partial charge on any atom is 0.252 e. The molecule has 0 amide bonds. The van der Waals surface area contributed by atoms with E-state index in [2.05, 4.69) is 0 Å². The second kappa shape index (κ2) is 6.12. The number of sulfonamides is 1. The van der Waals surface area contributed by atoms with Crippen LogP contribution in [0.25, 0.3) is 0 Å². The van der Waals surface area contributed by atoms with Crippen LogP contribution in [0.15, 0.2) is 10.3 Å². The Morgan fingerprint density at radius 2 is 1.89 bits per heavy atom. The highest BCUT2D eigenvalue weighted by molar-refractivity contribution is 7.91. The summed E-state index contributed by atoms with van der Waals surface area (Å²) >= 11 is 1.14. The van der Waals surface area contributed by atoms with Gasteiger partial charge in [0, 0.05) is 25.0 Å². The largest absolute Gasteiger partial charge is 0.391 e. The quantitative estimate of drug-likeness (QED) is 0.840. The summed E-state index contributed by atoms with van der Waals surface area (Å²) < 4.78 is 26.2. The molecule has 0 saturated carbocycles. The number of rotatable bonds is 6. The topological polar surface area (TPSA) is 60.9 Å². The maximum atomic E-state index is 12.3. The van der Waals surface area contributed by atoms with Crippen LogP contribution in [0.2, 0.25) is 0 Å². The van der Waals surface area contributed by atoms with Crippen molar-refractivity contribution in [2.45, 2.75) is 17.7 Å². The van der Waals surface area contributed by atoms with Gasteiger partial charge in [0.2, 0.25) is 0 Å². The van der Waals surface area contributed by atoms with Crippen LogP contribution in [0.3, 0.4) is 0 Å². The van der Waals surface area contributed by atoms with Crippen molar-refractivity contribution < 1.29 is 13.5 Å². The average molecular weight is 292 g/mol. The van der Waals surface area contributed by atoms with Crippen LogP contribution in [-0.4, -0.2) is 57.0 Å². The highest BCUT2D eigenvalue weighted by Crippen LogP contribution is 2.27. The summed E-state index contributed by atoms with van der Waals surface area (Å²) in [6.07, 6.45) is 0. The minimum Gasteiger partial charge on any atom is -0.391 e. The lowest BCUT2D eigenvalue weighted by Gasteiger charge is -2.18. The van der Waals surface area contributed by atoms with Crippen molar-refractivity contribution in [3.05, 3.63) is 16.5 Å². The molecule has 0 unspecified atom stereocenters. The molecule has 104 valence electrons. The molecule has 0 atom stereocenters. The third kappa shape index (κ3) is 3.52. The van der Waals surface area contributed by atoms with Crippen LogP contribution in [0.5, 0.6) is 0 Å². The first-order valence-electron chi connectivity index (χ1n) is 5.60. The first kappa shape index (κ1) is 15.6. The molecule has 1 N–H and O–H groups in total. The molecule has 1 rings (SSSR count). The number of hydrogen-bond acceptors (Lipinski definition) is 5. The molecule has 0 aromatic carbocycles. The lowest BCUT2D eigenvalue weighted by atomic mass is 10.3. The van der Waals surface area contributed by atoms with Gasteiger partial charge in [-0.05, 0) is 32.6 Å². The standard InChI is InChI=1S/C11H20N2O3S2/c1-9-7-11(17-10(9)8-14)18(15,16)13(4)6-5-12(2)3/h7,14H,5-6,8H2,1-4H3. The van der Waals surface area contributed by atoms with Crippen molar-refractivity contribution in [2.75, 3.05) is 34.2 Å². The van der Waals surface area contributed by atoms with Gasteiger partial charge in [0.05, 0.1) is 6.61 Å². The minimum absolute atomic E-state index is 0.118. The molecule has 0 aliphatic carbocycles. The first-order valence-corrected chi connectivity index (χ1v) is 7.86. The van der Waals surface area contributed by atoms with E-state index in [0.29, 0.717) is 22.2 Å².